The largest absolute Gasteiger partial charge is 0.497 e. The molecule has 7 heteroatoms. The highest BCUT2D eigenvalue weighted by molar-refractivity contribution is 6.06. The molecule has 0 unspecified atom stereocenters. The van der Waals surface area contributed by atoms with Gasteiger partial charge >= 0.3 is 0 Å². The fourth-order valence-electron chi connectivity index (χ4n) is 1.80. The van der Waals surface area contributed by atoms with Gasteiger partial charge in [-0.1, -0.05) is 0 Å². The van der Waals surface area contributed by atoms with E-state index in [-0.39, 0.29) is 11.3 Å². The molecule has 2 aromatic carbocycles. The zero-order valence-corrected chi connectivity index (χ0v) is 11.7. The summed E-state index contributed by atoms with van der Waals surface area (Å²) in [5, 5.41) is 2.17. The van der Waals surface area contributed by atoms with Crippen molar-refractivity contribution in [3.05, 3.63) is 53.3 Å². The predicted octanol–water partition coefficient (Wildman–Crippen LogP) is 3.37. The minimum Gasteiger partial charge on any atom is -0.497 e. The van der Waals surface area contributed by atoms with Gasteiger partial charge in [-0.3, -0.25) is 4.79 Å². The summed E-state index contributed by atoms with van der Waals surface area (Å²) in [6.07, 6.45) is 0. The van der Waals surface area contributed by atoms with E-state index in [1.807, 2.05) is 0 Å². The van der Waals surface area contributed by atoms with Crippen LogP contribution in [0.4, 0.5) is 18.9 Å². The molecule has 2 rings (SSSR count). The highest BCUT2D eigenvalue weighted by Crippen LogP contribution is 2.26. The number of hydrogen-bond acceptors (Lipinski definition) is 3. The SMILES string of the molecule is COc1ccc(C(=O)Nc2ccc(F)c(F)c2F)c(OC)c1. The molecular weight excluding hydrogens is 299 g/mol. The Morgan fingerprint density at radius 1 is 1.00 bits per heavy atom. The molecule has 116 valence electrons. The number of benzene rings is 2. The summed E-state index contributed by atoms with van der Waals surface area (Å²) in [7, 11) is 2.80. The van der Waals surface area contributed by atoms with Crippen LogP contribution in [0.2, 0.25) is 0 Å². The van der Waals surface area contributed by atoms with Crippen molar-refractivity contribution in [1.29, 1.82) is 0 Å². The summed E-state index contributed by atoms with van der Waals surface area (Å²) in [5.74, 6) is -4.53. The molecule has 0 bridgehead atoms. The molecule has 0 spiro atoms. The summed E-state index contributed by atoms with van der Waals surface area (Å²) in [6, 6.07) is 6.04. The van der Waals surface area contributed by atoms with Crippen molar-refractivity contribution in [3.63, 3.8) is 0 Å². The third-order valence-electron chi connectivity index (χ3n) is 2.94. The third kappa shape index (κ3) is 2.98. The maximum absolute atomic E-state index is 13.6. The molecule has 0 saturated heterocycles. The Hall–Kier alpha value is -2.70. The van der Waals surface area contributed by atoms with Crippen molar-refractivity contribution in [1.82, 2.24) is 0 Å². The van der Waals surface area contributed by atoms with Crippen molar-refractivity contribution in [2.24, 2.45) is 0 Å². The van der Waals surface area contributed by atoms with Crippen LogP contribution in [-0.4, -0.2) is 20.1 Å². The number of ether oxygens (including phenoxy) is 2. The van der Waals surface area contributed by atoms with Crippen LogP contribution in [0.5, 0.6) is 11.5 Å². The van der Waals surface area contributed by atoms with Gasteiger partial charge in [-0.25, -0.2) is 13.2 Å². The topological polar surface area (TPSA) is 47.6 Å². The van der Waals surface area contributed by atoms with Gasteiger partial charge in [-0.15, -0.1) is 0 Å². The van der Waals surface area contributed by atoms with Crippen LogP contribution in [-0.2, 0) is 0 Å². The lowest BCUT2D eigenvalue weighted by Gasteiger charge is -2.11. The van der Waals surface area contributed by atoms with Crippen LogP contribution in [0, 0.1) is 17.5 Å². The minimum absolute atomic E-state index is 0.0902. The second-order valence-electron chi connectivity index (χ2n) is 4.24. The number of amides is 1. The first kappa shape index (κ1) is 15.7. The Bertz CT molecular complexity index is 719. The van der Waals surface area contributed by atoms with E-state index in [1.165, 1.54) is 32.4 Å². The lowest BCUT2D eigenvalue weighted by atomic mass is 10.1. The fourth-order valence-corrected chi connectivity index (χ4v) is 1.80. The van der Waals surface area contributed by atoms with Gasteiger partial charge < -0.3 is 14.8 Å². The van der Waals surface area contributed by atoms with E-state index in [0.717, 1.165) is 12.1 Å². The molecule has 2 aromatic rings. The molecule has 0 radical (unpaired) electrons. The summed E-state index contributed by atoms with van der Waals surface area (Å²) in [6.45, 7) is 0. The van der Waals surface area contributed by atoms with E-state index in [9.17, 15) is 18.0 Å². The average molecular weight is 311 g/mol. The van der Waals surface area contributed by atoms with E-state index in [4.69, 9.17) is 9.47 Å². The van der Waals surface area contributed by atoms with Crippen LogP contribution >= 0.6 is 0 Å². The molecule has 4 nitrogen and oxygen atoms in total. The molecule has 0 atom stereocenters. The first-order valence-electron chi connectivity index (χ1n) is 6.14. The third-order valence-corrected chi connectivity index (χ3v) is 2.94. The standard InChI is InChI=1S/C15H12F3NO3/c1-21-8-3-4-9(12(7-8)22-2)15(20)19-11-6-5-10(16)13(17)14(11)18/h3-7H,1-2H3,(H,19,20). The summed E-state index contributed by atoms with van der Waals surface area (Å²) < 4.78 is 49.6. The molecule has 22 heavy (non-hydrogen) atoms. The maximum atomic E-state index is 13.6. The molecule has 0 aliphatic carbocycles. The smallest absolute Gasteiger partial charge is 0.259 e. The number of rotatable bonds is 4. The van der Waals surface area contributed by atoms with E-state index >= 15 is 0 Å². The Balaban J connectivity index is 2.32. The van der Waals surface area contributed by atoms with Crippen molar-refractivity contribution in [2.45, 2.75) is 0 Å². The number of hydrogen-bond donors (Lipinski definition) is 1. The molecule has 1 amide bonds. The summed E-state index contributed by atoms with van der Waals surface area (Å²) >= 11 is 0. The van der Waals surface area contributed by atoms with Gasteiger partial charge in [0, 0.05) is 6.07 Å². The maximum Gasteiger partial charge on any atom is 0.259 e. The van der Waals surface area contributed by atoms with Crippen LogP contribution in [0.3, 0.4) is 0 Å². The zero-order valence-electron chi connectivity index (χ0n) is 11.7. The van der Waals surface area contributed by atoms with Gasteiger partial charge in [0.1, 0.15) is 11.5 Å². The van der Waals surface area contributed by atoms with Gasteiger partial charge in [0.15, 0.2) is 17.5 Å². The van der Waals surface area contributed by atoms with Crippen LogP contribution in [0.25, 0.3) is 0 Å². The van der Waals surface area contributed by atoms with Gasteiger partial charge in [-0.05, 0) is 24.3 Å². The molecule has 1 N–H and O–H groups in total. The van der Waals surface area contributed by atoms with Crippen molar-refractivity contribution < 1.29 is 27.4 Å². The van der Waals surface area contributed by atoms with Crippen LogP contribution in [0.15, 0.2) is 30.3 Å². The van der Waals surface area contributed by atoms with Crippen LogP contribution in [0.1, 0.15) is 10.4 Å². The lowest BCUT2D eigenvalue weighted by Crippen LogP contribution is -2.15. The summed E-state index contributed by atoms with van der Waals surface area (Å²) in [4.78, 5) is 12.1. The predicted molar refractivity (Wildman–Crippen MR) is 73.8 cm³/mol. The fraction of sp³-hybridized carbons (Fsp3) is 0.133. The van der Waals surface area contributed by atoms with Crippen LogP contribution < -0.4 is 14.8 Å². The van der Waals surface area contributed by atoms with Gasteiger partial charge in [0.2, 0.25) is 0 Å². The first-order chi connectivity index (χ1) is 10.5. The van der Waals surface area contributed by atoms with E-state index in [0.29, 0.717) is 5.75 Å². The van der Waals surface area contributed by atoms with Crippen molar-refractivity contribution in [2.75, 3.05) is 19.5 Å². The van der Waals surface area contributed by atoms with Crippen molar-refractivity contribution in [3.8, 4) is 11.5 Å². The minimum atomic E-state index is -1.65. The number of carbonyl (C=O) groups excluding carboxylic acids is 1. The van der Waals surface area contributed by atoms with E-state index in [2.05, 4.69) is 5.32 Å². The number of carbonyl (C=O) groups is 1. The monoisotopic (exact) mass is 311 g/mol. The zero-order chi connectivity index (χ0) is 16.3. The first-order valence-corrected chi connectivity index (χ1v) is 6.14. The van der Waals surface area contributed by atoms with Gasteiger partial charge in [0.05, 0.1) is 25.5 Å². The number of halogens is 3. The second-order valence-corrected chi connectivity index (χ2v) is 4.24. The molecule has 0 aliphatic rings. The highest BCUT2D eigenvalue weighted by Gasteiger charge is 2.18. The Kier molecular flexibility index (Phi) is 4.55. The quantitative estimate of drug-likeness (QED) is 0.881. The molecule has 0 saturated carbocycles. The lowest BCUT2D eigenvalue weighted by molar-refractivity contribution is 0.102. The number of methoxy groups -OCH3 is 2. The van der Waals surface area contributed by atoms with E-state index < -0.39 is 29.0 Å². The van der Waals surface area contributed by atoms with Gasteiger partial charge in [-0.2, -0.15) is 0 Å². The number of nitrogens with one attached hydrogen (secondary N) is 1. The van der Waals surface area contributed by atoms with E-state index in [1.54, 1.807) is 0 Å². The summed E-state index contributed by atoms with van der Waals surface area (Å²) in [5.41, 5.74) is -0.380. The normalized spacial score (nSPS) is 10.2. The molecule has 0 heterocycles. The molecule has 0 aromatic heterocycles. The second kappa shape index (κ2) is 6.38. The number of anilines is 1. The average Bonchev–Trinajstić information content (AvgIpc) is 2.54. The highest BCUT2D eigenvalue weighted by atomic mass is 19.2. The Morgan fingerprint density at radius 3 is 2.36 bits per heavy atom. The van der Waals surface area contributed by atoms with Gasteiger partial charge in [0.25, 0.3) is 5.91 Å². The molecule has 0 aliphatic heterocycles. The molecular formula is C15H12F3NO3. The Morgan fingerprint density at radius 2 is 1.73 bits per heavy atom. The Labute approximate surface area is 124 Å². The molecule has 0 fully saturated rings. The van der Waals surface area contributed by atoms with Crippen molar-refractivity contribution >= 4 is 11.6 Å².